The number of fused-ring (bicyclic) bond motifs is 3. The van der Waals surface area contributed by atoms with Gasteiger partial charge in [-0.1, -0.05) is 36.4 Å². The molecular weight excluding hydrogens is 583 g/mol. The SMILES string of the molecule is Cc1ccc([C](=[Zr+2])c2ccc(C)cc2C)c(C)c1.[C-]1=CC=CC1.[Cl-].[Cl-].c1ccc2c(c1)[cH-]c1ccccc12. The average molecular weight is 615 g/mol. The van der Waals surface area contributed by atoms with Gasteiger partial charge < -0.3 is 24.8 Å². The van der Waals surface area contributed by atoms with Gasteiger partial charge in [0.15, 0.2) is 0 Å². The summed E-state index contributed by atoms with van der Waals surface area (Å²) in [6.07, 6.45) is 10.0. The number of hydrogen-bond donors (Lipinski definition) is 0. The average Bonchev–Trinajstić information content (AvgIpc) is 3.56. The molecule has 0 spiro atoms. The Morgan fingerprint density at radius 2 is 1.16 bits per heavy atom. The number of allylic oxidation sites excluding steroid dienone is 4. The maximum atomic E-state index is 2.99. The van der Waals surface area contributed by atoms with E-state index in [9.17, 15) is 0 Å². The first kappa shape index (κ1) is 31.8. The van der Waals surface area contributed by atoms with Crippen LogP contribution < -0.4 is 24.8 Å². The molecule has 1 aliphatic rings. The van der Waals surface area contributed by atoms with Crippen molar-refractivity contribution in [3.05, 3.63) is 149 Å². The summed E-state index contributed by atoms with van der Waals surface area (Å²) in [6, 6.07) is 32.7. The number of rotatable bonds is 2. The number of benzene rings is 4. The second-order valence-corrected chi connectivity index (χ2v) is 10.6. The van der Waals surface area contributed by atoms with Gasteiger partial charge in [0.2, 0.25) is 0 Å². The van der Waals surface area contributed by atoms with Crippen LogP contribution in [0.3, 0.4) is 0 Å². The summed E-state index contributed by atoms with van der Waals surface area (Å²) in [7, 11) is 0. The first-order chi connectivity index (χ1) is 17.4. The predicted molar refractivity (Wildman–Crippen MR) is 154 cm³/mol. The van der Waals surface area contributed by atoms with Crippen LogP contribution in [0.15, 0.2) is 109 Å². The van der Waals surface area contributed by atoms with Crippen molar-refractivity contribution in [3.63, 3.8) is 0 Å². The van der Waals surface area contributed by atoms with Crippen LogP contribution in [0.1, 0.15) is 39.8 Å². The van der Waals surface area contributed by atoms with E-state index in [1.54, 1.807) is 0 Å². The van der Waals surface area contributed by atoms with Crippen molar-refractivity contribution in [1.82, 2.24) is 0 Å². The fourth-order valence-electron chi connectivity index (χ4n) is 4.58. The van der Waals surface area contributed by atoms with Gasteiger partial charge in [-0.3, -0.25) is 6.08 Å². The molecule has 192 valence electrons. The van der Waals surface area contributed by atoms with E-state index in [0.29, 0.717) is 0 Å². The Morgan fingerprint density at radius 3 is 1.53 bits per heavy atom. The zero-order chi connectivity index (χ0) is 25.5. The largest absolute Gasteiger partial charge is 1.00 e. The molecule has 0 N–H and O–H groups in total. The van der Waals surface area contributed by atoms with Crippen LogP contribution in [0.5, 0.6) is 0 Å². The molecule has 0 radical (unpaired) electrons. The van der Waals surface area contributed by atoms with E-state index in [0.717, 1.165) is 6.42 Å². The van der Waals surface area contributed by atoms with Gasteiger partial charge in [0, 0.05) is 0 Å². The quantitative estimate of drug-likeness (QED) is 0.269. The van der Waals surface area contributed by atoms with Crippen molar-refractivity contribution >= 4 is 24.8 Å². The maximum absolute atomic E-state index is 2.99. The molecule has 0 unspecified atom stereocenters. The Balaban J connectivity index is 0.000000221. The molecule has 0 amide bonds. The third-order valence-corrected chi connectivity index (χ3v) is 7.74. The van der Waals surface area contributed by atoms with Crippen molar-refractivity contribution in [3.8, 4) is 0 Å². The molecule has 5 aromatic rings. The number of halogens is 2. The van der Waals surface area contributed by atoms with Crippen LogP contribution in [-0.4, -0.2) is 3.21 Å². The van der Waals surface area contributed by atoms with Gasteiger partial charge in [-0.2, -0.15) is 6.08 Å². The topological polar surface area (TPSA) is 0 Å². The molecule has 6 rings (SSSR count). The fraction of sp³-hybridized carbons (Fsp3) is 0.143. The van der Waals surface area contributed by atoms with Crippen molar-refractivity contribution in [1.29, 1.82) is 0 Å². The van der Waals surface area contributed by atoms with Crippen molar-refractivity contribution in [2.45, 2.75) is 34.1 Å². The Hall–Kier alpha value is -2.44. The van der Waals surface area contributed by atoms with Gasteiger partial charge in [-0.05, 0) is 0 Å². The normalized spacial score (nSPS) is 11.1. The molecule has 0 atom stereocenters. The first-order valence-corrected chi connectivity index (χ1v) is 13.7. The van der Waals surface area contributed by atoms with E-state index in [4.69, 9.17) is 0 Å². The minimum Gasteiger partial charge on any atom is -1.00 e. The van der Waals surface area contributed by atoms with E-state index < -0.39 is 0 Å². The molecule has 38 heavy (non-hydrogen) atoms. The molecule has 0 aliphatic heterocycles. The van der Waals surface area contributed by atoms with Gasteiger partial charge in [-0.25, -0.2) is 12.2 Å². The minimum absolute atomic E-state index is 0. The van der Waals surface area contributed by atoms with Crippen LogP contribution in [0.25, 0.3) is 21.5 Å². The van der Waals surface area contributed by atoms with Crippen LogP contribution in [0, 0.1) is 33.8 Å². The molecular formula is C35H32Cl2Zr-2. The van der Waals surface area contributed by atoms with Crippen molar-refractivity contribution < 1.29 is 49.0 Å². The predicted octanol–water partition coefficient (Wildman–Crippen LogP) is 3.06. The van der Waals surface area contributed by atoms with Crippen LogP contribution >= 0.6 is 0 Å². The van der Waals surface area contributed by atoms with Gasteiger partial charge in [-0.15, -0.1) is 46.2 Å². The third kappa shape index (κ3) is 8.03. The summed E-state index contributed by atoms with van der Waals surface area (Å²) in [5.41, 5.74) is 8.21. The summed E-state index contributed by atoms with van der Waals surface area (Å²) in [4.78, 5) is 0. The molecule has 0 saturated carbocycles. The molecule has 0 bridgehead atoms. The maximum Gasteiger partial charge on any atom is -0.0771 e. The number of hydrogen-bond acceptors (Lipinski definition) is 0. The molecule has 3 heteroatoms. The first-order valence-electron chi connectivity index (χ1n) is 12.4. The Kier molecular flexibility index (Phi) is 12.7. The smallest absolute Gasteiger partial charge is 0.0771 e. The Bertz CT molecular complexity index is 1460. The molecule has 0 nitrogen and oxygen atoms in total. The minimum atomic E-state index is 0. The van der Waals surface area contributed by atoms with E-state index >= 15 is 0 Å². The van der Waals surface area contributed by atoms with Crippen LogP contribution in [0.4, 0.5) is 0 Å². The summed E-state index contributed by atoms with van der Waals surface area (Å²) in [6.45, 7) is 8.71. The van der Waals surface area contributed by atoms with Gasteiger partial charge in [0.25, 0.3) is 0 Å². The summed E-state index contributed by atoms with van der Waals surface area (Å²) in [5, 5.41) is 5.39. The molecule has 0 fully saturated rings. The molecule has 0 saturated heterocycles. The van der Waals surface area contributed by atoms with Crippen molar-refractivity contribution in [2.75, 3.05) is 0 Å². The molecule has 5 aromatic carbocycles. The van der Waals surface area contributed by atoms with Crippen LogP contribution in [0.2, 0.25) is 0 Å². The van der Waals surface area contributed by atoms with Crippen molar-refractivity contribution in [2.24, 2.45) is 0 Å². The van der Waals surface area contributed by atoms with Gasteiger partial charge >= 0.3 is 125 Å². The summed E-state index contributed by atoms with van der Waals surface area (Å²) >= 11 is 1.48. The number of aryl methyl sites for hydroxylation is 4. The molecule has 0 heterocycles. The van der Waals surface area contributed by atoms with E-state index in [-0.39, 0.29) is 24.8 Å². The van der Waals surface area contributed by atoms with Gasteiger partial charge in [0.1, 0.15) is 0 Å². The third-order valence-electron chi connectivity index (χ3n) is 6.41. The van der Waals surface area contributed by atoms with E-state index in [2.05, 4.69) is 131 Å². The van der Waals surface area contributed by atoms with Crippen LogP contribution in [-0.2, 0) is 24.2 Å². The summed E-state index contributed by atoms with van der Waals surface area (Å²) in [5.74, 6) is 0. The molecule has 1 aliphatic carbocycles. The summed E-state index contributed by atoms with van der Waals surface area (Å²) < 4.78 is 1.46. The fourth-order valence-corrected chi connectivity index (χ4v) is 5.96. The monoisotopic (exact) mass is 612 g/mol. The Labute approximate surface area is 255 Å². The zero-order valence-electron chi connectivity index (χ0n) is 22.4. The second kappa shape index (κ2) is 15.2. The Morgan fingerprint density at radius 1 is 0.684 bits per heavy atom. The van der Waals surface area contributed by atoms with E-state index in [1.807, 2.05) is 12.2 Å². The second-order valence-electron chi connectivity index (χ2n) is 9.33. The van der Waals surface area contributed by atoms with Gasteiger partial charge in [0.05, 0.1) is 0 Å². The standard InChI is InChI=1S/C17H18.C13H9.C5H5.2ClH.Zr/c1-12-5-7-16(14(3)9-12)11-17-8-6-13(2)10-15(17)4;1-3-7-12-10(5-1)9-11-6-2-4-8-13(11)12;1-2-4-5-3-1;;;/h5-10H,1-4H3;1-9H;1-3H,4H2;2*1H;/q;2*-1;;;+2/p-2. The zero-order valence-corrected chi connectivity index (χ0v) is 26.3. The van der Waals surface area contributed by atoms with E-state index in [1.165, 1.54) is 82.4 Å². The molecule has 0 aromatic heterocycles.